The number of hydrogen-bond donors (Lipinski definition) is 1. The van der Waals surface area contributed by atoms with E-state index in [9.17, 15) is 4.79 Å². The molecule has 1 aliphatic rings. The summed E-state index contributed by atoms with van der Waals surface area (Å²) in [6, 6.07) is 12.2. The molecule has 186 valence electrons. The molecule has 1 aliphatic carbocycles. The van der Waals surface area contributed by atoms with Crippen molar-refractivity contribution in [3.05, 3.63) is 70.0 Å². The summed E-state index contributed by atoms with van der Waals surface area (Å²) in [6.07, 6.45) is 6.54. The number of rotatable bonds is 8. The van der Waals surface area contributed by atoms with Gasteiger partial charge in [-0.25, -0.2) is 4.99 Å². The highest BCUT2D eigenvalue weighted by molar-refractivity contribution is 7.16. The van der Waals surface area contributed by atoms with Crippen molar-refractivity contribution in [2.24, 2.45) is 16.3 Å². The lowest BCUT2D eigenvalue weighted by Gasteiger charge is -2.33. The van der Waals surface area contributed by atoms with Crippen molar-refractivity contribution in [3.63, 3.8) is 0 Å². The summed E-state index contributed by atoms with van der Waals surface area (Å²) in [7, 11) is 0. The Hall–Kier alpha value is -2.86. The number of carbonyl (C=O) groups excluding carboxylic acids is 1. The number of nitrogens with zero attached hydrogens (tertiary/aromatic N) is 2. The lowest BCUT2D eigenvalue weighted by atomic mass is 9.72. The average molecular weight is 492 g/mol. The molecule has 0 spiro atoms. The molecule has 1 amide bonds. The van der Waals surface area contributed by atoms with E-state index >= 15 is 0 Å². The van der Waals surface area contributed by atoms with Gasteiger partial charge in [-0.05, 0) is 79.8 Å². The Morgan fingerprint density at radius 1 is 1.20 bits per heavy atom. The summed E-state index contributed by atoms with van der Waals surface area (Å²) in [5, 5.41) is 3.85. The predicted molar refractivity (Wildman–Crippen MR) is 146 cm³/mol. The summed E-state index contributed by atoms with van der Waals surface area (Å²) < 4.78 is 5.40. The Kier molecular flexibility index (Phi) is 7.80. The summed E-state index contributed by atoms with van der Waals surface area (Å²) >= 11 is 1.68. The standard InChI is InChI=1S/C29H37N3O2S/c1-6-32(7-2)22-13-10-20(11-14-22)18-31-28-26(27(33)30-19-23-9-8-16-34-23)24-15-12-21(29(3,4)5)17-25(24)35-28/h8-11,13-14,16,18,21H,6-7,12,15,17,19H2,1-5H3,(H,30,33)/t21-/m0/s1. The number of carbonyl (C=O) groups is 1. The van der Waals surface area contributed by atoms with E-state index in [1.807, 2.05) is 18.3 Å². The van der Waals surface area contributed by atoms with Crippen LogP contribution < -0.4 is 10.2 Å². The van der Waals surface area contributed by atoms with Gasteiger partial charge in [0.1, 0.15) is 10.8 Å². The number of thiophene rings is 1. The molecular formula is C29H37N3O2S. The van der Waals surface area contributed by atoms with E-state index in [4.69, 9.17) is 9.41 Å². The summed E-state index contributed by atoms with van der Waals surface area (Å²) in [5.74, 6) is 1.28. The topological polar surface area (TPSA) is 57.8 Å². The number of nitrogens with one attached hydrogen (secondary N) is 1. The molecule has 0 saturated heterocycles. The monoisotopic (exact) mass is 491 g/mol. The van der Waals surface area contributed by atoms with Crippen molar-refractivity contribution in [3.8, 4) is 0 Å². The molecule has 35 heavy (non-hydrogen) atoms. The van der Waals surface area contributed by atoms with Gasteiger partial charge in [0, 0.05) is 29.9 Å². The van der Waals surface area contributed by atoms with Crippen LogP contribution in [0.25, 0.3) is 0 Å². The van der Waals surface area contributed by atoms with Gasteiger partial charge in [-0.3, -0.25) is 4.79 Å². The molecule has 4 rings (SSSR count). The number of fused-ring (bicyclic) bond motifs is 1. The zero-order valence-electron chi connectivity index (χ0n) is 21.6. The minimum Gasteiger partial charge on any atom is -0.467 e. The maximum absolute atomic E-state index is 13.3. The van der Waals surface area contributed by atoms with Crippen molar-refractivity contribution in [2.45, 2.75) is 60.4 Å². The fraction of sp³-hybridized carbons (Fsp3) is 0.448. The van der Waals surface area contributed by atoms with Crippen LogP contribution in [0.4, 0.5) is 10.7 Å². The SMILES string of the molecule is CCN(CC)c1ccc(C=Nc2sc3c(c2C(=O)NCc2ccco2)CC[C@H](C(C)(C)C)C3)cc1. The molecule has 0 aliphatic heterocycles. The van der Waals surface area contributed by atoms with E-state index in [1.54, 1.807) is 17.6 Å². The average Bonchev–Trinajstić information content (AvgIpc) is 3.49. The van der Waals surface area contributed by atoms with Gasteiger partial charge in [-0.1, -0.05) is 32.9 Å². The van der Waals surface area contributed by atoms with Crippen LogP contribution in [0.3, 0.4) is 0 Å². The largest absolute Gasteiger partial charge is 0.467 e. The molecule has 2 aromatic heterocycles. The van der Waals surface area contributed by atoms with Crippen LogP contribution in [0.15, 0.2) is 52.1 Å². The number of anilines is 1. The van der Waals surface area contributed by atoms with Crippen molar-refractivity contribution in [1.82, 2.24) is 5.32 Å². The van der Waals surface area contributed by atoms with E-state index < -0.39 is 0 Å². The second kappa shape index (κ2) is 10.8. The van der Waals surface area contributed by atoms with Crippen LogP contribution in [-0.4, -0.2) is 25.2 Å². The molecule has 1 aromatic carbocycles. The molecule has 2 heterocycles. The molecule has 0 bridgehead atoms. The highest BCUT2D eigenvalue weighted by Crippen LogP contribution is 2.45. The normalized spacial score (nSPS) is 15.9. The van der Waals surface area contributed by atoms with E-state index in [0.29, 0.717) is 12.5 Å². The third-order valence-electron chi connectivity index (χ3n) is 7.05. The Labute approximate surface area is 213 Å². The second-order valence-electron chi connectivity index (χ2n) is 10.3. The third kappa shape index (κ3) is 5.87. The van der Waals surface area contributed by atoms with E-state index in [-0.39, 0.29) is 11.3 Å². The summed E-state index contributed by atoms with van der Waals surface area (Å²) in [5.41, 5.74) is 4.41. The molecule has 1 N–H and O–H groups in total. The van der Waals surface area contributed by atoms with Crippen molar-refractivity contribution < 1.29 is 9.21 Å². The van der Waals surface area contributed by atoms with Gasteiger partial charge < -0.3 is 14.6 Å². The molecule has 0 saturated carbocycles. The van der Waals surface area contributed by atoms with Gasteiger partial charge in [-0.15, -0.1) is 11.3 Å². The Balaban J connectivity index is 1.61. The van der Waals surface area contributed by atoms with Crippen LogP contribution in [0.2, 0.25) is 0 Å². The van der Waals surface area contributed by atoms with Gasteiger partial charge in [0.25, 0.3) is 5.91 Å². The Morgan fingerprint density at radius 2 is 1.94 bits per heavy atom. The maximum atomic E-state index is 13.3. The molecule has 3 aromatic rings. The summed E-state index contributed by atoms with van der Waals surface area (Å²) in [4.78, 5) is 21.8. The van der Waals surface area contributed by atoms with Crippen molar-refractivity contribution in [2.75, 3.05) is 18.0 Å². The first-order chi connectivity index (χ1) is 16.8. The molecule has 5 nitrogen and oxygen atoms in total. The third-order valence-corrected chi connectivity index (χ3v) is 8.22. The van der Waals surface area contributed by atoms with Crippen LogP contribution in [0.1, 0.15) is 73.2 Å². The number of benzene rings is 1. The number of amides is 1. The first-order valence-electron chi connectivity index (χ1n) is 12.6. The van der Waals surface area contributed by atoms with Gasteiger partial charge in [-0.2, -0.15) is 0 Å². The zero-order valence-corrected chi connectivity index (χ0v) is 22.4. The Morgan fingerprint density at radius 3 is 2.57 bits per heavy atom. The predicted octanol–water partition coefficient (Wildman–Crippen LogP) is 7.02. The molecule has 1 atom stereocenters. The smallest absolute Gasteiger partial charge is 0.255 e. The maximum Gasteiger partial charge on any atom is 0.255 e. The number of hydrogen-bond acceptors (Lipinski definition) is 5. The van der Waals surface area contributed by atoms with Gasteiger partial charge in [0.2, 0.25) is 0 Å². The summed E-state index contributed by atoms with van der Waals surface area (Å²) in [6.45, 7) is 13.6. The fourth-order valence-electron chi connectivity index (χ4n) is 4.80. The molecule has 0 radical (unpaired) electrons. The van der Waals surface area contributed by atoms with Crippen LogP contribution in [0.5, 0.6) is 0 Å². The van der Waals surface area contributed by atoms with E-state index in [2.05, 4.69) is 69.1 Å². The van der Waals surface area contributed by atoms with Crippen LogP contribution in [-0.2, 0) is 19.4 Å². The highest BCUT2D eigenvalue weighted by Gasteiger charge is 2.33. The van der Waals surface area contributed by atoms with Gasteiger partial charge in [0.05, 0.1) is 18.4 Å². The van der Waals surface area contributed by atoms with E-state index in [0.717, 1.165) is 54.2 Å². The number of aliphatic imine (C=N–C) groups is 1. The van der Waals surface area contributed by atoms with Crippen molar-refractivity contribution >= 4 is 34.1 Å². The Bertz CT molecular complexity index is 1150. The zero-order chi connectivity index (χ0) is 25.0. The minimum absolute atomic E-state index is 0.0721. The quantitative estimate of drug-likeness (QED) is 0.345. The number of furan rings is 1. The van der Waals surface area contributed by atoms with Gasteiger partial charge >= 0.3 is 0 Å². The fourth-order valence-corrected chi connectivity index (χ4v) is 6.07. The molecular weight excluding hydrogens is 454 g/mol. The second-order valence-corrected chi connectivity index (χ2v) is 11.4. The minimum atomic E-state index is -0.0721. The van der Waals surface area contributed by atoms with Crippen LogP contribution in [0, 0.1) is 11.3 Å². The lowest BCUT2D eigenvalue weighted by Crippen LogP contribution is -2.28. The first kappa shape index (κ1) is 25.2. The highest BCUT2D eigenvalue weighted by atomic mass is 32.1. The lowest BCUT2D eigenvalue weighted by molar-refractivity contribution is 0.0947. The van der Waals surface area contributed by atoms with Gasteiger partial charge in [0.15, 0.2) is 0 Å². The first-order valence-corrected chi connectivity index (χ1v) is 13.5. The van der Waals surface area contributed by atoms with E-state index in [1.165, 1.54) is 16.1 Å². The van der Waals surface area contributed by atoms with Crippen LogP contribution >= 0.6 is 11.3 Å². The van der Waals surface area contributed by atoms with Crippen molar-refractivity contribution in [1.29, 1.82) is 0 Å². The molecule has 6 heteroatoms. The molecule has 0 fully saturated rings. The molecule has 0 unspecified atom stereocenters.